The number of alkyl halides is 2. The second-order valence-corrected chi connectivity index (χ2v) is 10.6. The van der Waals surface area contributed by atoms with Crippen molar-refractivity contribution in [3.63, 3.8) is 0 Å². The number of ether oxygens (including phenoxy) is 1. The summed E-state index contributed by atoms with van der Waals surface area (Å²) in [7, 11) is 0. The van der Waals surface area contributed by atoms with Crippen LogP contribution in [0.3, 0.4) is 0 Å². The Morgan fingerprint density at radius 1 is 1.18 bits per heavy atom. The fourth-order valence-electron chi connectivity index (χ4n) is 3.33. The zero-order chi connectivity index (χ0) is 28.5. The number of alkyl carbamates (subject to hydrolysis) is 1. The first-order valence-electron chi connectivity index (χ1n) is 11.6. The van der Waals surface area contributed by atoms with Crippen molar-refractivity contribution in [3.8, 4) is 0 Å². The van der Waals surface area contributed by atoms with Gasteiger partial charge in [-0.05, 0) is 85.7 Å². The van der Waals surface area contributed by atoms with Gasteiger partial charge in [-0.15, -0.1) is 0 Å². The maximum Gasteiger partial charge on any atom is 0.407 e. The van der Waals surface area contributed by atoms with Gasteiger partial charge in [0.25, 0.3) is 0 Å². The molecular formula is C26H31F4IN4O3. The Kier molecular flexibility index (Phi) is 12.0. The molecule has 0 aromatic heterocycles. The first-order chi connectivity index (χ1) is 17.7. The molecule has 2 aromatic carbocycles. The maximum atomic E-state index is 14.6. The molecule has 208 valence electrons. The molecule has 0 saturated carbocycles. The van der Waals surface area contributed by atoms with Gasteiger partial charge >= 0.3 is 12.6 Å². The van der Waals surface area contributed by atoms with E-state index >= 15 is 0 Å². The number of hydrogen-bond donors (Lipinski definition) is 4. The molecule has 0 fully saturated rings. The maximum absolute atomic E-state index is 14.6. The van der Waals surface area contributed by atoms with Crippen molar-refractivity contribution in [2.24, 2.45) is 10.7 Å². The molecule has 1 amide bonds. The molecule has 0 radical (unpaired) electrons. The second-order valence-electron chi connectivity index (χ2n) is 9.40. The Morgan fingerprint density at radius 3 is 2.34 bits per heavy atom. The quantitative estimate of drug-likeness (QED) is 0.122. The molecule has 0 aliphatic heterocycles. The summed E-state index contributed by atoms with van der Waals surface area (Å²) in [6.07, 6.45) is 0.227. The molecule has 2 aromatic rings. The SMILES string of the molecule is CC(C)(C)OC(=O)N[C@@H](Cc1ccc(I)cc1)[C@@H](O)CNCc1c(F)cc(C(N)=CC=NC(F)F)cc1F. The summed E-state index contributed by atoms with van der Waals surface area (Å²) < 4.78 is 59.7. The van der Waals surface area contributed by atoms with E-state index in [1.54, 1.807) is 20.8 Å². The monoisotopic (exact) mass is 650 g/mol. The van der Waals surface area contributed by atoms with Crippen LogP contribution in [-0.4, -0.2) is 48.3 Å². The Labute approximate surface area is 232 Å². The Balaban J connectivity index is 2.08. The van der Waals surface area contributed by atoms with E-state index in [9.17, 15) is 27.5 Å². The van der Waals surface area contributed by atoms with Gasteiger partial charge in [0.2, 0.25) is 0 Å². The molecule has 0 bridgehead atoms. The minimum atomic E-state index is -2.92. The minimum Gasteiger partial charge on any atom is -0.444 e. The van der Waals surface area contributed by atoms with Crippen molar-refractivity contribution in [2.45, 2.75) is 58.0 Å². The molecule has 0 unspecified atom stereocenters. The van der Waals surface area contributed by atoms with Crippen molar-refractivity contribution in [1.29, 1.82) is 0 Å². The van der Waals surface area contributed by atoms with Gasteiger partial charge in [0.05, 0.1) is 12.1 Å². The van der Waals surface area contributed by atoms with Gasteiger partial charge < -0.3 is 26.2 Å². The molecule has 0 aliphatic rings. The van der Waals surface area contributed by atoms with Gasteiger partial charge in [-0.25, -0.2) is 18.6 Å². The number of carbonyl (C=O) groups is 1. The first-order valence-corrected chi connectivity index (χ1v) is 12.7. The molecule has 2 rings (SSSR count). The smallest absolute Gasteiger partial charge is 0.407 e. The Bertz CT molecular complexity index is 1120. The molecule has 2 atom stereocenters. The Morgan fingerprint density at radius 2 is 1.79 bits per heavy atom. The van der Waals surface area contributed by atoms with Crippen molar-refractivity contribution in [3.05, 3.63) is 74.4 Å². The molecule has 38 heavy (non-hydrogen) atoms. The lowest BCUT2D eigenvalue weighted by molar-refractivity contribution is 0.0422. The number of hydrogen-bond acceptors (Lipinski definition) is 6. The predicted octanol–water partition coefficient (Wildman–Crippen LogP) is 4.75. The lowest BCUT2D eigenvalue weighted by Crippen LogP contribution is -2.50. The third kappa shape index (κ3) is 11.0. The number of nitrogens with one attached hydrogen (secondary N) is 2. The van der Waals surface area contributed by atoms with E-state index in [4.69, 9.17) is 10.5 Å². The molecule has 0 saturated heterocycles. The summed E-state index contributed by atoms with van der Waals surface area (Å²) in [6.45, 7) is 1.85. The number of aliphatic hydroxyl groups is 1. The highest BCUT2D eigenvalue weighted by Crippen LogP contribution is 2.19. The molecule has 12 heteroatoms. The second kappa shape index (κ2) is 14.4. The number of aliphatic hydroxyl groups excluding tert-OH is 1. The van der Waals surface area contributed by atoms with E-state index in [0.29, 0.717) is 0 Å². The van der Waals surface area contributed by atoms with Crippen molar-refractivity contribution < 1.29 is 32.2 Å². The van der Waals surface area contributed by atoms with Crippen LogP contribution in [0.5, 0.6) is 0 Å². The van der Waals surface area contributed by atoms with Gasteiger partial charge in [-0.1, -0.05) is 12.1 Å². The van der Waals surface area contributed by atoms with Crippen LogP contribution in [0.4, 0.5) is 22.4 Å². The molecule has 0 spiro atoms. The number of amides is 1. The van der Waals surface area contributed by atoms with E-state index in [1.165, 1.54) is 0 Å². The molecule has 0 aliphatic carbocycles. The van der Waals surface area contributed by atoms with Crippen LogP contribution in [0.1, 0.15) is 37.5 Å². The zero-order valence-electron chi connectivity index (χ0n) is 21.2. The number of benzene rings is 2. The lowest BCUT2D eigenvalue weighted by atomic mass is 10.0. The van der Waals surface area contributed by atoms with E-state index < -0.39 is 42.0 Å². The highest BCUT2D eigenvalue weighted by atomic mass is 127. The van der Waals surface area contributed by atoms with E-state index in [2.05, 4.69) is 38.2 Å². The van der Waals surface area contributed by atoms with Crippen LogP contribution < -0.4 is 16.4 Å². The molecular weight excluding hydrogens is 619 g/mol. The van der Waals surface area contributed by atoms with E-state index in [0.717, 1.165) is 33.6 Å². The Hall–Kier alpha value is -2.71. The molecule has 0 heterocycles. The first kappa shape index (κ1) is 31.5. The summed E-state index contributed by atoms with van der Waals surface area (Å²) >= 11 is 2.17. The van der Waals surface area contributed by atoms with Gasteiger partial charge in [0.1, 0.15) is 17.2 Å². The topological polar surface area (TPSA) is 109 Å². The largest absolute Gasteiger partial charge is 0.444 e. The fourth-order valence-corrected chi connectivity index (χ4v) is 3.69. The van der Waals surface area contributed by atoms with Crippen molar-refractivity contribution in [2.75, 3.05) is 6.54 Å². The summed E-state index contributed by atoms with van der Waals surface area (Å²) in [4.78, 5) is 15.2. The number of nitrogens with zero attached hydrogens (tertiary/aromatic N) is 1. The van der Waals surface area contributed by atoms with E-state index in [-0.39, 0.29) is 36.3 Å². The van der Waals surface area contributed by atoms with Crippen molar-refractivity contribution >= 4 is 40.6 Å². The molecule has 7 nitrogen and oxygen atoms in total. The summed E-state index contributed by atoms with van der Waals surface area (Å²) in [5.74, 6) is -1.82. The summed E-state index contributed by atoms with van der Waals surface area (Å²) in [5.41, 5.74) is 5.33. The average molecular weight is 650 g/mol. The van der Waals surface area contributed by atoms with Gasteiger partial charge in [-0.2, -0.15) is 8.78 Å². The number of rotatable bonds is 11. The summed E-state index contributed by atoms with van der Waals surface area (Å²) in [6, 6.07) is 8.73. The molecule has 5 N–H and O–H groups in total. The summed E-state index contributed by atoms with van der Waals surface area (Å²) in [5, 5.41) is 16.3. The third-order valence-corrected chi connectivity index (χ3v) is 5.84. The number of aliphatic imine (C=N–C) groups is 1. The predicted molar refractivity (Wildman–Crippen MR) is 147 cm³/mol. The van der Waals surface area contributed by atoms with Crippen LogP contribution in [0.15, 0.2) is 47.5 Å². The van der Waals surface area contributed by atoms with Gasteiger partial charge in [0.15, 0.2) is 0 Å². The highest BCUT2D eigenvalue weighted by Gasteiger charge is 2.25. The van der Waals surface area contributed by atoms with E-state index in [1.807, 2.05) is 24.3 Å². The highest BCUT2D eigenvalue weighted by molar-refractivity contribution is 14.1. The number of carbonyl (C=O) groups excluding carboxylic acids is 1. The fraction of sp³-hybridized carbons (Fsp3) is 0.385. The number of halogens is 5. The van der Waals surface area contributed by atoms with Crippen molar-refractivity contribution in [1.82, 2.24) is 10.6 Å². The van der Waals surface area contributed by atoms with Crippen LogP contribution in [0, 0.1) is 15.2 Å². The van der Waals surface area contributed by atoms with Crippen LogP contribution in [0.25, 0.3) is 5.70 Å². The average Bonchev–Trinajstić information content (AvgIpc) is 2.80. The van der Waals surface area contributed by atoms with Crippen LogP contribution in [-0.2, 0) is 17.7 Å². The standard InChI is InChI=1S/C26H31F4IN4O3/c1-26(2,3)38-25(37)35-22(10-15-4-6-17(31)7-5-15)23(36)14-33-13-18-19(27)11-16(12-20(18)28)21(32)8-9-34-24(29)30/h4-9,11-12,22-24,33,36H,10,13-14,32H2,1-3H3,(H,35,37)/t22-,23-/m0/s1. The van der Waals surface area contributed by atoms with Gasteiger partial charge in [0, 0.05) is 39.7 Å². The van der Waals surface area contributed by atoms with Gasteiger partial charge in [-0.3, -0.25) is 0 Å². The normalized spacial score (nSPS) is 14.1. The van der Waals surface area contributed by atoms with Crippen LogP contribution in [0.2, 0.25) is 0 Å². The minimum absolute atomic E-state index is 0.0383. The zero-order valence-corrected chi connectivity index (χ0v) is 23.3. The third-order valence-electron chi connectivity index (χ3n) is 5.12. The van der Waals surface area contributed by atoms with Crippen LogP contribution >= 0.6 is 22.6 Å². The lowest BCUT2D eigenvalue weighted by Gasteiger charge is -2.27. The number of allylic oxidation sites excluding steroid dienone is 1. The number of nitrogens with two attached hydrogens (primary N) is 1.